The second-order valence-corrected chi connectivity index (χ2v) is 8.46. The van der Waals surface area contributed by atoms with Gasteiger partial charge in [-0.05, 0) is 30.6 Å². The number of rotatable bonds is 6. The van der Waals surface area contributed by atoms with Crippen LogP contribution in [-0.4, -0.2) is 34.5 Å². The van der Waals surface area contributed by atoms with Crippen LogP contribution in [0.2, 0.25) is 0 Å². The number of nitrogens with zero attached hydrogens (tertiary/aromatic N) is 1. The van der Waals surface area contributed by atoms with Crippen LogP contribution in [-0.2, 0) is 4.79 Å². The van der Waals surface area contributed by atoms with Crippen molar-refractivity contribution in [1.29, 1.82) is 0 Å². The lowest BCUT2D eigenvalue weighted by molar-refractivity contribution is -0.118. The maximum Gasteiger partial charge on any atom is 0.262 e. The van der Waals surface area contributed by atoms with Crippen molar-refractivity contribution in [1.82, 2.24) is 15.6 Å². The summed E-state index contributed by atoms with van der Waals surface area (Å²) < 4.78 is 0. The van der Waals surface area contributed by atoms with Crippen LogP contribution in [0.4, 0.5) is 0 Å². The summed E-state index contributed by atoms with van der Waals surface area (Å²) in [5, 5.41) is 8.86. The Balaban J connectivity index is 1.29. The molecule has 1 saturated carbocycles. The third-order valence-electron chi connectivity index (χ3n) is 3.76. The predicted octanol–water partition coefficient (Wildman–Crippen LogP) is 2.44. The van der Waals surface area contributed by atoms with E-state index in [2.05, 4.69) is 15.6 Å². The van der Waals surface area contributed by atoms with E-state index in [1.165, 1.54) is 11.3 Å². The van der Waals surface area contributed by atoms with E-state index >= 15 is 0 Å². The quantitative estimate of drug-likeness (QED) is 0.820. The van der Waals surface area contributed by atoms with E-state index in [9.17, 15) is 9.59 Å². The first kappa shape index (κ1) is 15.9. The van der Waals surface area contributed by atoms with E-state index < -0.39 is 0 Å². The molecule has 1 aliphatic heterocycles. The van der Waals surface area contributed by atoms with Gasteiger partial charge in [-0.15, -0.1) is 34.9 Å². The molecule has 1 aliphatic carbocycles. The molecule has 1 fully saturated rings. The average Bonchev–Trinajstić information content (AvgIpc) is 3.16. The molecule has 0 saturated heterocycles. The molecule has 2 heterocycles. The number of carbonyl (C=O) groups excluding carboxylic acids is 2. The van der Waals surface area contributed by atoms with Gasteiger partial charge in [-0.2, -0.15) is 0 Å². The maximum absolute atomic E-state index is 11.9. The van der Waals surface area contributed by atoms with Gasteiger partial charge >= 0.3 is 0 Å². The van der Waals surface area contributed by atoms with E-state index in [0.717, 1.165) is 29.3 Å². The lowest BCUT2D eigenvalue weighted by atomic mass is 9.78. The fraction of sp³-hybridized carbons (Fsp3) is 0.500. The molecular formula is C14H17N3O2S3. The number of carbonyl (C=O) groups is 2. The zero-order chi connectivity index (χ0) is 15.4. The van der Waals surface area contributed by atoms with Crippen LogP contribution in [0.5, 0.6) is 0 Å². The Kier molecular flexibility index (Phi) is 5.43. The van der Waals surface area contributed by atoms with Crippen molar-refractivity contribution in [3.05, 3.63) is 26.9 Å². The van der Waals surface area contributed by atoms with E-state index in [1.54, 1.807) is 35.2 Å². The van der Waals surface area contributed by atoms with Crippen molar-refractivity contribution in [3.8, 4) is 0 Å². The summed E-state index contributed by atoms with van der Waals surface area (Å²) in [5.41, 5.74) is 1.66. The molecule has 3 rings (SSSR count). The van der Waals surface area contributed by atoms with Crippen LogP contribution < -0.4 is 10.6 Å². The minimum absolute atomic E-state index is 0.0469. The lowest BCUT2D eigenvalue weighted by Crippen LogP contribution is -2.45. The van der Waals surface area contributed by atoms with Crippen LogP contribution >= 0.6 is 34.9 Å². The Morgan fingerprint density at radius 1 is 1.32 bits per heavy atom. The molecule has 22 heavy (non-hydrogen) atoms. The molecular weight excluding hydrogens is 338 g/mol. The number of nitrogens with one attached hydrogen (secondary N) is 2. The minimum atomic E-state index is -0.0469. The molecule has 0 aromatic carbocycles. The van der Waals surface area contributed by atoms with Crippen molar-refractivity contribution in [3.63, 3.8) is 0 Å². The molecule has 0 atom stereocenters. The Labute approximate surface area is 141 Å². The fourth-order valence-electron chi connectivity index (χ4n) is 2.51. The first-order valence-electron chi connectivity index (χ1n) is 7.14. The number of amides is 2. The molecule has 2 aliphatic rings. The van der Waals surface area contributed by atoms with E-state index in [1.807, 2.05) is 5.41 Å². The molecule has 118 valence electrons. The van der Waals surface area contributed by atoms with Gasteiger partial charge in [0.15, 0.2) is 0 Å². The number of hydrogen-bond donors (Lipinski definition) is 2. The normalized spacial score (nSPS) is 23.5. The van der Waals surface area contributed by atoms with Crippen LogP contribution in [0.15, 0.2) is 22.0 Å². The molecule has 8 heteroatoms. The lowest BCUT2D eigenvalue weighted by Gasteiger charge is -2.36. The molecule has 2 N–H and O–H groups in total. The topological polar surface area (TPSA) is 71.1 Å². The Morgan fingerprint density at radius 3 is 2.86 bits per heavy atom. The highest BCUT2D eigenvalue weighted by atomic mass is 32.2. The molecule has 1 aromatic rings. The molecule has 0 bridgehead atoms. The van der Waals surface area contributed by atoms with Gasteiger partial charge in [0, 0.05) is 17.7 Å². The standard InChI is InChI=1S/C14H17N3O2S3/c18-13(11-5-15-7-21-11)16-2-1-9-3-10(4-9)17-14(19)12-6-20-8-22-12/h5-7,9-10H,1-4,8H2,(H,16,18)(H,17,19). The average molecular weight is 356 g/mol. The highest BCUT2D eigenvalue weighted by Crippen LogP contribution is 2.34. The molecule has 1 aromatic heterocycles. The van der Waals surface area contributed by atoms with Crippen LogP contribution in [0.25, 0.3) is 0 Å². The third kappa shape index (κ3) is 4.05. The first-order chi connectivity index (χ1) is 10.7. The smallest absolute Gasteiger partial charge is 0.262 e. The summed E-state index contributed by atoms with van der Waals surface area (Å²) in [6, 6.07) is 0.293. The van der Waals surface area contributed by atoms with Gasteiger partial charge in [-0.1, -0.05) is 0 Å². The summed E-state index contributed by atoms with van der Waals surface area (Å²) in [4.78, 5) is 29.0. The van der Waals surface area contributed by atoms with Crippen molar-refractivity contribution in [2.75, 3.05) is 11.6 Å². The van der Waals surface area contributed by atoms with Crippen molar-refractivity contribution in [2.24, 2.45) is 5.92 Å². The second-order valence-electron chi connectivity index (χ2n) is 5.33. The molecule has 0 unspecified atom stereocenters. The first-order valence-corrected chi connectivity index (χ1v) is 10.1. The number of aromatic nitrogens is 1. The van der Waals surface area contributed by atoms with Crippen LogP contribution in [0, 0.1) is 5.92 Å². The zero-order valence-corrected chi connectivity index (χ0v) is 14.4. The van der Waals surface area contributed by atoms with Crippen LogP contribution in [0.3, 0.4) is 0 Å². The van der Waals surface area contributed by atoms with Crippen molar-refractivity contribution >= 4 is 46.7 Å². The van der Waals surface area contributed by atoms with Gasteiger partial charge in [-0.3, -0.25) is 14.6 Å². The van der Waals surface area contributed by atoms with E-state index in [0.29, 0.717) is 23.4 Å². The summed E-state index contributed by atoms with van der Waals surface area (Å²) >= 11 is 4.63. The largest absolute Gasteiger partial charge is 0.351 e. The Bertz CT molecular complexity index is 568. The third-order valence-corrected chi connectivity index (χ3v) is 6.72. The molecule has 0 spiro atoms. The number of thioether (sulfide) groups is 2. The number of hydrogen-bond acceptors (Lipinski definition) is 6. The molecule has 5 nitrogen and oxygen atoms in total. The minimum Gasteiger partial charge on any atom is -0.351 e. The maximum atomic E-state index is 11.9. The molecule has 2 amide bonds. The summed E-state index contributed by atoms with van der Waals surface area (Å²) in [5.74, 6) is 0.609. The van der Waals surface area contributed by atoms with E-state index in [-0.39, 0.29) is 11.8 Å². The SMILES string of the molecule is O=C(NC1CC(CCNC(=O)c2cncs2)C1)C1=CSCS1. The second kappa shape index (κ2) is 7.52. The van der Waals surface area contributed by atoms with Crippen LogP contribution in [0.1, 0.15) is 28.9 Å². The van der Waals surface area contributed by atoms with Gasteiger partial charge in [0.25, 0.3) is 11.8 Å². The fourth-order valence-corrected chi connectivity index (χ4v) is 5.02. The van der Waals surface area contributed by atoms with Gasteiger partial charge in [0.2, 0.25) is 0 Å². The van der Waals surface area contributed by atoms with E-state index in [4.69, 9.17) is 0 Å². The molecule has 0 radical (unpaired) electrons. The zero-order valence-electron chi connectivity index (χ0n) is 11.9. The van der Waals surface area contributed by atoms with Crippen molar-refractivity contribution < 1.29 is 9.59 Å². The Morgan fingerprint density at radius 2 is 2.18 bits per heavy atom. The summed E-state index contributed by atoms with van der Waals surface area (Å²) in [6.07, 6.45) is 4.56. The van der Waals surface area contributed by atoms with Gasteiger partial charge in [0.1, 0.15) is 4.88 Å². The van der Waals surface area contributed by atoms with Crippen molar-refractivity contribution in [2.45, 2.75) is 25.3 Å². The summed E-state index contributed by atoms with van der Waals surface area (Å²) in [6.45, 7) is 0.680. The Hall–Kier alpha value is -0.990. The highest BCUT2D eigenvalue weighted by molar-refractivity contribution is 8.22. The predicted molar refractivity (Wildman–Crippen MR) is 91.9 cm³/mol. The van der Waals surface area contributed by atoms with Gasteiger partial charge < -0.3 is 10.6 Å². The monoisotopic (exact) mass is 355 g/mol. The summed E-state index contributed by atoms with van der Waals surface area (Å²) in [7, 11) is 0. The highest BCUT2D eigenvalue weighted by Gasteiger charge is 2.31. The van der Waals surface area contributed by atoms with Gasteiger partial charge in [-0.25, -0.2) is 0 Å². The van der Waals surface area contributed by atoms with Gasteiger partial charge in [0.05, 0.1) is 16.6 Å². The number of thiazole rings is 1.